The SMILES string of the molecule is CN(C)CCCCOc1ccc(C=O)cc1. The summed E-state index contributed by atoms with van der Waals surface area (Å²) in [5, 5.41) is 0. The predicted molar refractivity (Wildman–Crippen MR) is 65.1 cm³/mol. The van der Waals surface area contributed by atoms with E-state index in [4.69, 9.17) is 4.74 Å². The van der Waals surface area contributed by atoms with Gasteiger partial charge in [-0.15, -0.1) is 0 Å². The molecule has 0 heterocycles. The molecule has 0 aromatic heterocycles. The number of carbonyl (C=O) groups excluding carboxylic acids is 1. The average molecular weight is 221 g/mol. The van der Waals surface area contributed by atoms with Crippen LogP contribution < -0.4 is 4.74 Å². The molecule has 0 unspecified atom stereocenters. The van der Waals surface area contributed by atoms with Crippen LogP contribution in [0.1, 0.15) is 23.2 Å². The summed E-state index contributed by atoms with van der Waals surface area (Å²) < 4.78 is 5.55. The summed E-state index contributed by atoms with van der Waals surface area (Å²) in [6, 6.07) is 7.19. The highest BCUT2D eigenvalue weighted by Gasteiger charge is 1.95. The van der Waals surface area contributed by atoms with Gasteiger partial charge in [0.25, 0.3) is 0 Å². The molecule has 1 aromatic carbocycles. The van der Waals surface area contributed by atoms with Crippen molar-refractivity contribution >= 4 is 6.29 Å². The Kier molecular flexibility index (Phi) is 5.57. The fourth-order valence-corrected chi connectivity index (χ4v) is 1.36. The Morgan fingerprint density at radius 3 is 2.44 bits per heavy atom. The maximum absolute atomic E-state index is 10.4. The van der Waals surface area contributed by atoms with Crippen LogP contribution in [0.15, 0.2) is 24.3 Å². The van der Waals surface area contributed by atoms with E-state index in [2.05, 4.69) is 19.0 Å². The van der Waals surface area contributed by atoms with Crippen LogP contribution in [0.4, 0.5) is 0 Å². The van der Waals surface area contributed by atoms with E-state index in [1.54, 1.807) is 12.1 Å². The number of hydrogen-bond donors (Lipinski definition) is 0. The third kappa shape index (κ3) is 4.94. The Balaban J connectivity index is 2.19. The minimum Gasteiger partial charge on any atom is -0.494 e. The fraction of sp³-hybridized carbons (Fsp3) is 0.462. The molecule has 0 aliphatic rings. The second kappa shape index (κ2) is 7.01. The van der Waals surface area contributed by atoms with E-state index in [1.165, 1.54) is 0 Å². The van der Waals surface area contributed by atoms with Gasteiger partial charge in [0.2, 0.25) is 0 Å². The van der Waals surface area contributed by atoms with Gasteiger partial charge >= 0.3 is 0 Å². The maximum atomic E-state index is 10.4. The molecule has 0 N–H and O–H groups in total. The highest BCUT2D eigenvalue weighted by Crippen LogP contribution is 2.11. The van der Waals surface area contributed by atoms with Gasteiger partial charge in [0.05, 0.1) is 6.61 Å². The summed E-state index contributed by atoms with van der Waals surface area (Å²) in [4.78, 5) is 12.6. The van der Waals surface area contributed by atoms with Crippen molar-refractivity contribution in [3.8, 4) is 5.75 Å². The minimum atomic E-state index is 0.681. The van der Waals surface area contributed by atoms with E-state index in [0.29, 0.717) is 5.56 Å². The van der Waals surface area contributed by atoms with Crippen LogP contribution in [0.3, 0.4) is 0 Å². The number of nitrogens with zero attached hydrogens (tertiary/aromatic N) is 1. The molecule has 0 saturated carbocycles. The van der Waals surface area contributed by atoms with Crippen molar-refractivity contribution in [3.63, 3.8) is 0 Å². The lowest BCUT2D eigenvalue weighted by atomic mass is 10.2. The van der Waals surface area contributed by atoms with Gasteiger partial charge in [0.15, 0.2) is 0 Å². The molecule has 1 aromatic rings. The summed E-state index contributed by atoms with van der Waals surface area (Å²) in [5.41, 5.74) is 0.681. The Morgan fingerprint density at radius 2 is 1.88 bits per heavy atom. The number of ether oxygens (including phenoxy) is 1. The third-order valence-electron chi connectivity index (χ3n) is 2.28. The Labute approximate surface area is 97.0 Å². The van der Waals surface area contributed by atoms with E-state index in [-0.39, 0.29) is 0 Å². The zero-order valence-corrected chi connectivity index (χ0v) is 9.98. The molecule has 0 aliphatic carbocycles. The number of aldehydes is 1. The van der Waals surface area contributed by atoms with Gasteiger partial charge in [0.1, 0.15) is 12.0 Å². The van der Waals surface area contributed by atoms with E-state index >= 15 is 0 Å². The summed E-state index contributed by atoms with van der Waals surface area (Å²) in [5.74, 6) is 0.829. The molecule has 0 amide bonds. The molecule has 0 saturated heterocycles. The molecule has 0 bridgehead atoms. The topological polar surface area (TPSA) is 29.5 Å². The number of carbonyl (C=O) groups is 1. The Bertz CT molecular complexity index is 306. The van der Waals surface area contributed by atoms with Crippen molar-refractivity contribution in [2.75, 3.05) is 27.2 Å². The van der Waals surface area contributed by atoms with Crippen molar-refractivity contribution in [2.45, 2.75) is 12.8 Å². The molecule has 3 heteroatoms. The molecule has 0 radical (unpaired) electrons. The predicted octanol–water partition coefficient (Wildman–Crippen LogP) is 2.22. The van der Waals surface area contributed by atoms with Crippen LogP contribution in [-0.2, 0) is 0 Å². The van der Waals surface area contributed by atoms with E-state index in [0.717, 1.165) is 38.0 Å². The standard InChI is InChI=1S/C13H19NO2/c1-14(2)9-3-4-10-16-13-7-5-12(11-15)6-8-13/h5-8,11H,3-4,9-10H2,1-2H3. The van der Waals surface area contributed by atoms with Gasteiger partial charge in [-0.05, 0) is 57.7 Å². The zero-order valence-electron chi connectivity index (χ0n) is 9.98. The highest BCUT2D eigenvalue weighted by molar-refractivity contribution is 5.74. The summed E-state index contributed by atoms with van der Waals surface area (Å²) in [6.45, 7) is 1.82. The van der Waals surface area contributed by atoms with Gasteiger partial charge in [-0.1, -0.05) is 0 Å². The first-order valence-corrected chi connectivity index (χ1v) is 5.55. The third-order valence-corrected chi connectivity index (χ3v) is 2.28. The van der Waals surface area contributed by atoms with Crippen molar-refractivity contribution < 1.29 is 9.53 Å². The summed E-state index contributed by atoms with van der Waals surface area (Å²) in [6.07, 6.45) is 3.02. The number of rotatable bonds is 7. The lowest BCUT2D eigenvalue weighted by Crippen LogP contribution is -2.13. The van der Waals surface area contributed by atoms with E-state index in [1.807, 2.05) is 12.1 Å². The van der Waals surface area contributed by atoms with Crippen LogP contribution in [-0.4, -0.2) is 38.4 Å². The molecule has 1 rings (SSSR count). The average Bonchev–Trinajstić information content (AvgIpc) is 2.29. The molecule has 0 spiro atoms. The molecule has 0 fully saturated rings. The largest absolute Gasteiger partial charge is 0.494 e. The summed E-state index contributed by atoms with van der Waals surface area (Å²) in [7, 11) is 4.14. The second-order valence-corrected chi connectivity index (χ2v) is 4.05. The van der Waals surface area contributed by atoms with E-state index < -0.39 is 0 Å². The zero-order chi connectivity index (χ0) is 11.8. The van der Waals surface area contributed by atoms with Crippen LogP contribution in [0.2, 0.25) is 0 Å². The van der Waals surface area contributed by atoms with Gasteiger partial charge in [-0.3, -0.25) is 4.79 Å². The Hall–Kier alpha value is -1.35. The normalized spacial score (nSPS) is 10.4. The summed E-state index contributed by atoms with van der Waals surface area (Å²) >= 11 is 0. The van der Waals surface area contributed by atoms with Crippen molar-refractivity contribution in [1.29, 1.82) is 0 Å². The Morgan fingerprint density at radius 1 is 1.19 bits per heavy atom. The quantitative estimate of drug-likeness (QED) is 0.522. The molecule has 0 atom stereocenters. The number of unbranched alkanes of at least 4 members (excludes halogenated alkanes) is 1. The maximum Gasteiger partial charge on any atom is 0.150 e. The lowest BCUT2D eigenvalue weighted by molar-refractivity contribution is 0.112. The van der Waals surface area contributed by atoms with Crippen LogP contribution in [0, 0.1) is 0 Å². The second-order valence-electron chi connectivity index (χ2n) is 4.05. The van der Waals surface area contributed by atoms with Crippen molar-refractivity contribution in [3.05, 3.63) is 29.8 Å². The first kappa shape index (κ1) is 12.7. The number of hydrogen-bond acceptors (Lipinski definition) is 3. The molecule has 3 nitrogen and oxygen atoms in total. The molecule has 0 aliphatic heterocycles. The first-order valence-electron chi connectivity index (χ1n) is 5.55. The number of benzene rings is 1. The monoisotopic (exact) mass is 221 g/mol. The molecular weight excluding hydrogens is 202 g/mol. The molecular formula is C13H19NO2. The minimum absolute atomic E-state index is 0.681. The molecule has 16 heavy (non-hydrogen) atoms. The van der Waals surface area contributed by atoms with Gasteiger partial charge in [0, 0.05) is 5.56 Å². The molecule has 88 valence electrons. The lowest BCUT2D eigenvalue weighted by Gasteiger charge is -2.09. The van der Waals surface area contributed by atoms with Crippen LogP contribution in [0.25, 0.3) is 0 Å². The van der Waals surface area contributed by atoms with Gasteiger partial charge < -0.3 is 9.64 Å². The van der Waals surface area contributed by atoms with Crippen LogP contribution >= 0.6 is 0 Å². The highest BCUT2D eigenvalue weighted by atomic mass is 16.5. The van der Waals surface area contributed by atoms with Crippen molar-refractivity contribution in [1.82, 2.24) is 4.90 Å². The van der Waals surface area contributed by atoms with Crippen molar-refractivity contribution in [2.24, 2.45) is 0 Å². The van der Waals surface area contributed by atoms with Gasteiger partial charge in [-0.2, -0.15) is 0 Å². The fourth-order valence-electron chi connectivity index (χ4n) is 1.36. The van der Waals surface area contributed by atoms with Gasteiger partial charge in [-0.25, -0.2) is 0 Å². The van der Waals surface area contributed by atoms with E-state index in [9.17, 15) is 4.79 Å². The first-order chi connectivity index (χ1) is 7.72. The van der Waals surface area contributed by atoms with Crippen LogP contribution in [0.5, 0.6) is 5.75 Å². The smallest absolute Gasteiger partial charge is 0.150 e.